The average Bonchev–Trinajstić information content (AvgIpc) is 1.85. The standard InChI is InChI=1S/C3H9N.2C2H4O2.Ni/c1-2-3-4;2*1-2(3)4;/h2-4H2,1H3;2*1H3,(H,3,4);/q;;;+2/p-2. The van der Waals surface area contributed by atoms with Crippen molar-refractivity contribution in [2.75, 3.05) is 6.54 Å². The number of hydrogen-bond acceptors (Lipinski definition) is 5. The Kier molecular flexibility index (Phi) is 39.6. The van der Waals surface area contributed by atoms with E-state index >= 15 is 0 Å². The molecule has 0 aromatic rings. The summed E-state index contributed by atoms with van der Waals surface area (Å²) in [6.45, 7) is 4.82. The Morgan fingerprint density at radius 1 is 1.15 bits per heavy atom. The van der Waals surface area contributed by atoms with Crippen LogP contribution in [0.15, 0.2) is 0 Å². The van der Waals surface area contributed by atoms with E-state index in [1.807, 2.05) is 0 Å². The molecule has 0 atom stereocenters. The molecule has 0 aliphatic carbocycles. The molecule has 0 aliphatic rings. The van der Waals surface area contributed by atoms with Crippen LogP contribution in [0.2, 0.25) is 0 Å². The van der Waals surface area contributed by atoms with Gasteiger partial charge in [-0.2, -0.15) is 0 Å². The fraction of sp³-hybridized carbons (Fsp3) is 0.714. The number of carboxylic acid groups (broad SMARTS) is 2. The summed E-state index contributed by atoms with van der Waals surface area (Å²) in [5.74, 6) is -2.17. The molecule has 2 N–H and O–H groups in total. The number of aliphatic carboxylic acids is 2. The van der Waals surface area contributed by atoms with Crippen LogP contribution in [0.25, 0.3) is 0 Å². The van der Waals surface area contributed by atoms with Crippen LogP contribution in [0.5, 0.6) is 0 Å². The van der Waals surface area contributed by atoms with Gasteiger partial charge in [0.15, 0.2) is 0 Å². The molecule has 0 aliphatic heterocycles. The zero-order chi connectivity index (χ0) is 10.6. The van der Waals surface area contributed by atoms with E-state index in [4.69, 9.17) is 25.5 Å². The Hall–Kier alpha value is -0.606. The van der Waals surface area contributed by atoms with Crippen molar-refractivity contribution in [2.24, 2.45) is 5.73 Å². The number of rotatable bonds is 1. The quantitative estimate of drug-likeness (QED) is 0.523. The average molecular weight is 236 g/mol. The maximum Gasteiger partial charge on any atom is 2.00 e. The molecule has 0 radical (unpaired) electrons. The second kappa shape index (κ2) is 22.5. The fourth-order valence-electron chi connectivity index (χ4n) is 0. The maximum atomic E-state index is 8.89. The summed E-state index contributed by atoms with van der Waals surface area (Å²) < 4.78 is 0. The molecule has 0 amide bonds. The van der Waals surface area contributed by atoms with Crippen molar-refractivity contribution in [3.63, 3.8) is 0 Å². The molecule has 6 heteroatoms. The molecule has 0 aromatic heterocycles. The number of carbonyl (C=O) groups excluding carboxylic acids is 2. The van der Waals surface area contributed by atoms with E-state index in [1.165, 1.54) is 0 Å². The van der Waals surface area contributed by atoms with Gasteiger partial charge in [0.2, 0.25) is 0 Å². The van der Waals surface area contributed by atoms with Crippen LogP contribution >= 0.6 is 0 Å². The van der Waals surface area contributed by atoms with Crippen LogP contribution < -0.4 is 15.9 Å². The summed E-state index contributed by atoms with van der Waals surface area (Å²) in [6.07, 6.45) is 1.10. The Morgan fingerprint density at radius 2 is 1.23 bits per heavy atom. The molecular weight excluding hydrogens is 221 g/mol. The molecule has 0 heterocycles. The topological polar surface area (TPSA) is 106 Å². The first-order chi connectivity index (χ1) is 5.38. The zero-order valence-electron chi connectivity index (χ0n) is 7.94. The molecule has 0 saturated heterocycles. The van der Waals surface area contributed by atoms with Gasteiger partial charge >= 0.3 is 16.5 Å². The van der Waals surface area contributed by atoms with Gasteiger partial charge in [0.1, 0.15) is 0 Å². The van der Waals surface area contributed by atoms with Crippen molar-refractivity contribution in [2.45, 2.75) is 27.2 Å². The van der Waals surface area contributed by atoms with E-state index in [0.717, 1.165) is 26.8 Å². The number of carboxylic acids is 2. The third-order valence-electron chi connectivity index (χ3n) is 0.289. The maximum absolute atomic E-state index is 8.89. The third-order valence-corrected chi connectivity index (χ3v) is 0.289. The first kappa shape index (κ1) is 22.8. The van der Waals surface area contributed by atoms with Crippen molar-refractivity contribution in [3.8, 4) is 0 Å². The molecule has 82 valence electrons. The van der Waals surface area contributed by atoms with Gasteiger partial charge in [0.05, 0.1) is 0 Å². The van der Waals surface area contributed by atoms with Gasteiger partial charge in [-0.1, -0.05) is 6.92 Å². The van der Waals surface area contributed by atoms with Crippen LogP contribution in [-0.2, 0) is 26.1 Å². The van der Waals surface area contributed by atoms with Gasteiger partial charge in [-0.25, -0.2) is 0 Å². The van der Waals surface area contributed by atoms with Crippen molar-refractivity contribution in [3.05, 3.63) is 0 Å². The van der Waals surface area contributed by atoms with E-state index in [2.05, 4.69) is 6.92 Å². The summed E-state index contributed by atoms with van der Waals surface area (Å²) in [6, 6.07) is 0. The predicted octanol–water partition coefficient (Wildman–Crippen LogP) is -2.13. The first-order valence-electron chi connectivity index (χ1n) is 3.43. The third kappa shape index (κ3) is 6490. The Balaban J connectivity index is -0.0000000450. The van der Waals surface area contributed by atoms with E-state index in [9.17, 15) is 0 Å². The van der Waals surface area contributed by atoms with Gasteiger partial charge in [-0.05, 0) is 26.8 Å². The zero-order valence-corrected chi connectivity index (χ0v) is 8.93. The van der Waals surface area contributed by atoms with Gasteiger partial charge in [-0.15, -0.1) is 0 Å². The molecule has 0 bridgehead atoms. The minimum absolute atomic E-state index is 0. The summed E-state index contributed by atoms with van der Waals surface area (Å²) >= 11 is 0. The van der Waals surface area contributed by atoms with Crippen LogP contribution in [0.3, 0.4) is 0 Å². The Labute approximate surface area is 88.2 Å². The first-order valence-corrected chi connectivity index (χ1v) is 3.43. The summed E-state index contributed by atoms with van der Waals surface area (Å²) in [5, 5.41) is 17.8. The van der Waals surface area contributed by atoms with Crippen LogP contribution in [0, 0.1) is 0 Å². The molecule has 5 nitrogen and oxygen atoms in total. The van der Waals surface area contributed by atoms with Crippen molar-refractivity contribution in [1.29, 1.82) is 0 Å². The van der Waals surface area contributed by atoms with Gasteiger partial charge in [0.25, 0.3) is 0 Å². The van der Waals surface area contributed by atoms with Gasteiger partial charge in [-0.3, -0.25) is 0 Å². The monoisotopic (exact) mass is 235 g/mol. The van der Waals surface area contributed by atoms with E-state index in [0.29, 0.717) is 0 Å². The van der Waals surface area contributed by atoms with Crippen molar-refractivity contribution < 1.29 is 36.3 Å². The Bertz CT molecular complexity index is 97.1. The largest absolute Gasteiger partial charge is 2.00 e. The number of carbonyl (C=O) groups is 2. The van der Waals surface area contributed by atoms with E-state index < -0.39 is 11.9 Å². The van der Waals surface area contributed by atoms with Gasteiger partial charge < -0.3 is 25.5 Å². The molecule has 0 fully saturated rings. The molecule has 0 spiro atoms. The smallest absolute Gasteiger partial charge is 0.550 e. The summed E-state index contributed by atoms with van der Waals surface area (Å²) in [7, 11) is 0. The minimum Gasteiger partial charge on any atom is -0.550 e. The molecule has 0 aromatic carbocycles. The predicted molar refractivity (Wildman–Crippen MR) is 40.7 cm³/mol. The number of hydrogen-bond donors (Lipinski definition) is 1. The van der Waals surface area contributed by atoms with Crippen LogP contribution in [0.1, 0.15) is 27.2 Å². The summed E-state index contributed by atoms with van der Waals surface area (Å²) in [5.41, 5.74) is 5.03. The SMILES string of the molecule is CC(=O)[O-].CC(=O)[O-].CCCN.[Ni+2]. The fourth-order valence-corrected chi connectivity index (χ4v) is 0. The molecule has 13 heavy (non-hydrogen) atoms. The van der Waals surface area contributed by atoms with E-state index in [1.54, 1.807) is 0 Å². The summed E-state index contributed by atoms with van der Waals surface area (Å²) in [4.78, 5) is 17.8. The normalized spacial score (nSPS) is 6.15. The van der Waals surface area contributed by atoms with Crippen LogP contribution in [-0.4, -0.2) is 18.5 Å². The molecule has 0 saturated carbocycles. The second-order valence-corrected chi connectivity index (χ2v) is 1.77. The Morgan fingerprint density at radius 3 is 1.23 bits per heavy atom. The van der Waals surface area contributed by atoms with Crippen molar-refractivity contribution >= 4 is 11.9 Å². The van der Waals surface area contributed by atoms with Gasteiger partial charge in [0, 0.05) is 11.9 Å². The molecular formula is C7H15NNiO4. The van der Waals surface area contributed by atoms with E-state index in [-0.39, 0.29) is 16.5 Å². The molecule has 0 rings (SSSR count). The van der Waals surface area contributed by atoms with Crippen molar-refractivity contribution in [1.82, 2.24) is 0 Å². The molecule has 0 unspecified atom stereocenters. The van der Waals surface area contributed by atoms with Crippen LogP contribution in [0.4, 0.5) is 0 Å². The minimum atomic E-state index is -1.08. The second-order valence-electron chi connectivity index (χ2n) is 1.77. The number of nitrogens with two attached hydrogens (primary N) is 1.